The van der Waals surface area contributed by atoms with Gasteiger partial charge in [0.05, 0.1) is 4.58 Å². The van der Waals surface area contributed by atoms with Crippen molar-refractivity contribution in [3.63, 3.8) is 0 Å². The molecule has 16 heavy (non-hydrogen) atoms. The van der Waals surface area contributed by atoms with E-state index in [1.165, 1.54) is 57.1 Å². The number of thioether (sulfide) groups is 1. The molecule has 3 heteroatoms. The molecule has 2 atom stereocenters. The zero-order chi connectivity index (χ0) is 11.6. The van der Waals surface area contributed by atoms with Crippen LogP contribution in [0.15, 0.2) is 0 Å². The van der Waals surface area contributed by atoms with Crippen LogP contribution in [0.2, 0.25) is 0 Å². The second-order valence-corrected chi connectivity index (χ2v) is 8.00. The first-order chi connectivity index (χ1) is 7.84. The summed E-state index contributed by atoms with van der Waals surface area (Å²) in [6, 6.07) is 0. The summed E-state index contributed by atoms with van der Waals surface area (Å²) in [6.07, 6.45) is 11.9. The Labute approximate surface area is 108 Å². The maximum absolute atomic E-state index is 11.7. The Bertz CT molecular complexity index is 194. The van der Waals surface area contributed by atoms with Gasteiger partial charge in [-0.05, 0) is 18.6 Å². The summed E-state index contributed by atoms with van der Waals surface area (Å²) < 4.78 is 12.2. The lowest BCUT2D eigenvalue weighted by Crippen LogP contribution is -2.20. The Morgan fingerprint density at radius 2 is 1.81 bits per heavy atom. The molecule has 0 aromatic rings. The van der Waals surface area contributed by atoms with Crippen LogP contribution < -0.4 is 0 Å². The van der Waals surface area contributed by atoms with Gasteiger partial charge in [-0.1, -0.05) is 51.9 Å². The summed E-state index contributed by atoms with van der Waals surface area (Å²) in [5.41, 5.74) is 0. The molecule has 0 aromatic heterocycles. The van der Waals surface area contributed by atoms with E-state index in [2.05, 4.69) is 6.92 Å². The predicted octanol–water partition coefficient (Wildman–Crippen LogP) is 4.34. The lowest BCUT2D eigenvalue weighted by Gasteiger charge is -2.20. The van der Waals surface area contributed by atoms with Gasteiger partial charge in [-0.2, -0.15) is 0 Å². The van der Waals surface area contributed by atoms with Crippen LogP contribution in [0.4, 0.5) is 0 Å². The summed E-state index contributed by atoms with van der Waals surface area (Å²) >= 11 is 1.94. The summed E-state index contributed by atoms with van der Waals surface area (Å²) in [6.45, 7) is 2.26. The van der Waals surface area contributed by atoms with Crippen molar-refractivity contribution in [2.75, 3.05) is 11.5 Å². The minimum atomic E-state index is -0.525. The highest BCUT2D eigenvalue weighted by atomic mass is 32.2. The van der Waals surface area contributed by atoms with Crippen LogP contribution >= 0.6 is 11.8 Å². The molecule has 1 aliphatic rings. The van der Waals surface area contributed by atoms with Gasteiger partial charge in [0.2, 0.25) is 0 Å². The fraction of sp³-hybridized carbons (Fsp3) is 1.00. The maximum Gasteiger partial charge on any atom is 0.0801 e. The molecule has 0 spiro atoms. The van der Waals surface area contributed by atoms with E-state index < -0.39 is 10.8 Å². The Kier molecular flexibility index (Phi) is 8.67. The summed E-state index contributed by atoms with van der Waals surface area (Å²) in [4.78, 5) is 0. The third kappa shape index (κ3) is 6.29. The zero-order valence-electron chi connectivity index (χ0n) is 10.6. The molecule has 1 saturated heterocycles. The quantitative estimate of drug-likeness (QED) is 0.605. The van der Waals surface area contributed by atoms with Crippen molar-refractivity contribution >= 4 is 22.6 Å². The maximum atomic E-state index is 11.7. The molecular weight excluding hydrogens is 236 g/mol. The van der Waals surface area contributed by atoms with E-state index in [0.717, 1.165) is 12.2 Å². The third-order valence-electron chi connectivity index (χ3n) is 3.13. The number of unbranched alkanes of at least 4 members (excludes halogenated alkanes) is 6. The smallest absolute Gasteiger partial charge is 0.0801 e. The van der Waals surface area contributed by atoms with Crippen LogP contribution in [0.5, 0.6) is 0 Å². The van der Waals surface area contributed by atoms with Gasteiger partial charge in [-0.3, -0.25) is 4.21 Å². The molecule has 0 aliphatic carbocycles. The predicted molar refractivity (Wildman–Crippen MR) is 76.5 cm³/mol. The second kappa shape index (κ2) is 9.52. The lowest BCUT2D eigenvalue weighted by atomic mass is 10.1. The van der Waals surface area contributed by atoms with E-state index in [1.54, 1.807) is 0 Å². The van der Waals surface area contributed by atoms with Gasteiger partial charge in [0, 0.05) is 16.6 Å². The molecule has 1 rings (SSSR count). The summed E-state index contributed by atoms with van der Waals surface area (Å²) in [7, 11) is -0.525. The van der Waals surface area contributed by atoms with E-state index in [9.17, 15) is 4.21 Å². The molecule has 0 saturated carbocycles. The van der Waals surface area contributed by atoms with Gasteiger partial charge in [0.25, 0.3) is 0 Å². The van der Waals surface area contributed by atoms with Crippen LogP contribution in [0, 0.1) is 0 Å². The molecular formula is C13H26OS2. The molecule has 0 aromatic carbocycles. The first kappa shape index (κ1) is 14.6. The number of hydrogen-bond donors (Lipinski definition) is 0. The molecule has 0 amide bonds. The minimum Gasteiger partial charge on any atom is -0.258 e. The van der Waals surface area contributed by atoms with Crippen LogP contribution in [0.3, 0.4) is 0 Å². The van der Waals surface area contributed by atoms with Crippen molar-refractivity contribution in [1.82, 2.24) is 0 Å². The minimum absolute atomic E-state index is 0.462. The average Bonchev–Trinajstić information content (AvgIpc) is 2.30. The van der Waals surface area contributed by atoms with Gasteiger partial charge >= 0.3 is 0 Å². The van der Waals surface area contributed by atoms with E-state index in [0.29, 0.717) is 4.58 Å². The first-order valence-electron chi connectivity index (χ1n) is 6.83. The van der Waals surface area contributed by atoms with Crippen molar-refractivity contribution in [3.8, 4) is 0 Å². The van der Waals surface area contributed by atoms with E-state index in [1.807, 2.05) is 11.8 Å². The second-order valence-electron chi connectivity index (χ2n) is 4.65. The third-order valence-corrected chi connectivity index (χ3v) is 6.83. The Morgan fingerprint density at radius 3 is 2.50 bits per heavy atom. The molecule has 1 nitrogen and oxygen atoms in total. The van der Waals surface area contributed by atoms with Crippen molar-refractivity contribution in [1.29, 1.82) is 0 Å². The molecule has 1 aliphatic heterocycles. The first-order valence-corrected chi connectivity index (χ1v) is 9.26. The molecule has 0 radical (unpaired) electrons. The lowest BCUT2D eigenvalue weighted by molar-refractivity contribution is 0.581. The van der Waals surface area contributed by atoms with Crippen LogP contribution in [-0.4, -0.2) is 20.3 Å². The molecule has 1 heterocycles. The van der Waals surface area contributed by atoms with Gasteiger partial charge in [-0.15, -0.1) is 11.8 Å². The highest BCUT2D eigenvalue weighted by Gasteiger charge is 2.20. The summed E-state index contributed by atoms with van der Waals surface area (Å²) in [5.74, 6) is 2.18. The van der Waals surface area contributed by atoms with Crippen LogP contribution in [0.25, 0.3) is 0 Å². The topological polar surface area (TPSA) is 17.1 Å². The standard InChI is InChI=1S/C13H26OS2/c1-2-3-4-5-6-7-8-10-13-15-11-9-12-16(13)14/h13H,2-12H2,1H3. The monoisotopic (exact) mass is 262 g/mol. The molecule has 2 unspecified atom stereocenters. The SMILES string of the molecule is CCCCCCCCCC1SCCCS1=O. The van der Waals surface area contributed by atoms with Crippen LogP contribution in [-0.2, 0) is 10.8 Å². The fourth-order valence-corrected chi connectivity index (χ4v) is 5.50. The van der Waals surface area contributed by atoms with E-state index >= 15 is 0 Å². The molecule has 1 fully saturated rings. The molecule has 96 valence electrons. The van der Waals surface area contributed by atoms with E-state index in [-0.39, 0.29) is 0 Å². The van der Waals surface area contributed by atoms with Crippen molar-refractivity contribution in [3.05, 3.63) is 0 Å². The van der Waals surface area contributed by atoms with Gasteiger partial charge in [0.15, 0.2) is 0 Å². The van der Waals surface area contributed by atoms with Gasteiger partial charge in [-0.25, -0.2) is 0 Å². The zero-order valence-corrected chi connectivity index (χ0v) is 12.2. The largest absolute Gasteiger partial charge is 0.258 e. The van der Waals surface area contributed by atoms with Crippen molar-refractivity contribution in [2.45, 2.75) is 69.3 Å². The average molecular weight is 262 g/mol. The number of rotatable bonds is 8. The van der Waals surface area contributed by atoms with Gasteiger partial charge < -0.3 is 0 Å². The van der Waals surface area contributed by atoms with Crippen molar-refractivity contribution < 1.29 is 4.21 Å². The molecule has 0 N–H and O–H groups in total. The molecule has 0 bridgehead atoms. The fourth-order valence-electron chi connectivity index (χ4n) is 2.11. The van der Waals surface area contributed by atoms with Crippen LogP contribution in [0.1, 0.15) is 64.7 Å². The summed E-state index contributed by atoms with van der Waals surface area (Å²) in [5, 5.41) is 0. The Morgan fingerprint density at radius 1 is 1.12 bits per heavy atom. The normalized spacial score (nSPS) is 25.8. The van der Waals surface area contributed by atoms with Gasteiger partial charge in [0.1, 0.15) is 0 Å². The van der Waals surface area contributed by atoms with E-state index in [4.69, 9.17) is 0 Å². The highest BCUT2D eigenvalue weighted by Crippen LogP contribution is 2.27. The van der Waals surface area contributed by atoms with Crippen molar-refractivity contribution in [2.24, 2.45) is 0 Å². The number of hydrogen-bond acceptors (Lipinski definition) is 2. The Balaban J connectivity index is 1.92. The highest BCUT2D eigenvalue weighted by molar-refractivity contribution is 8.11. The Hall–Kier alpha value is 0.500.